The van der Waals surface area contributed by atoms with Gasteiger partial charge in [0.25, 0.3) is 11.6 Å². The molecule has 6 heteroatoms. The normalized spacial score (nSPS) is 11.8. The first kappa shape index (κ1) is 17.9. The minimum Gasteiger partial charge on any atom is -0.345 e. The Hall–Kier alpha value is -2.40. The Bertz CT molecular complexity index is 790. The molecule has 0 saturated carbocycles. The maximum absolute atomic E-state index is 12.5. The van der Waals surface area contributed by atoms with Gasteiger partial charge in [-0.15, -0.1) is 0 Å². The molecular formula is C18H19ClN2O3. The highest BCUT2D eigenvalue weighted by atomic mass is 35.5. The Kier molecular flexibility index (Phi) is 5.57. The third kappa shape index (κ3) is 3.92. The molecule has 0 radical (unpaired) electrons. The first-order valence-electron chi connectivity index (χ1n) is 7.65. The van der Waals surface area contributed by atoms with E-state index < -0.39 is 10.8 Å². The number of aryl methyl sites for hydroxylation is 2. The molecule has 5 nitrogen and oxygen atoms in total. The second kappa shape index (κ2) is 7.45. The summed E-state index contributed by atoms with van der Waals surface area (Å²) in [5.74, 6) is -0.422. The number of nitro benzene ring substituents is 1. The van der Waals surface area contributed by atoms with Gasteiger partial charge >= 0.3 is 0 Å². The van der Waals surface area contributed by atoms with Gasteiger partial charge in [0.15, 0.2) is 0 Å². The minimum atomic E-state index is -0.548. The third-order valence-electron chi connectivity index (χ3n) is 4.05. The number of rotatable bonds is 5. The van der Waals surface area contributed by atoms with Crippen molar-refractivity contribution in [3.05, 3.63) is 73.8 Å². The molecule has 0 aliphatic heterocycles. The Balaban J connectivity index is 2.28. The predicted octanol–water partition coefficient (Wildman–Crippen LogP) is 4.75. The number of amides is 1. The van der Waals surface area contributed by atoms with Crippen LogP contribution in [0.1, 0.15) is 46.4 Å². The van der Waals surface area contributed by atoms with Crippen molar-refractivity contribution in [2.45, 2.75) is 33.2 Å². The van der Waals surface area contributed by atoms with E-state index in [4.69, 9.17) is 11.6 Å². The van der Waals surface area contributed by atoms with Gasteiger partial charge in [0.1, 0.15) is 0 Å². The van der Waals surface area contributed by atoms with E-state index in [2.05, 4.69) is 5.32 Å². The maximum Gasteiger partial charge on any atom is 0.270 e. The number of nitro groups is 1. The van der Waals surface area contributed by atoms with Crippen LogP contribution in [0.3, 0.4) is 0 Å². The van der Waals surface area contributed by atoms with Gasteiger partial charge in [0, 0.05) is 12.1 Å². The van der Waals surface area contributed by atoms with Gasteiger partial charge < -0.3 is 5.32 Å². The van der Waals surface area contributed by atoms with E-state index in [1.165, 1.54) is 23.8 Å². The van der Waals surface area contributed by atoms with Crippen LogP contribution in [0.4, 0.5) is 5.69 Å². The molecule has 126 valence electrons. The topological polar surface area (TPSA) is 72.2 Å². The molecule has 0 aliphatic rings. The van der Waals surface area contributed by atoms with Gasteiger partial charge in [-0.1, -0.05) is 36.7 Å². The van der Waals surface area contributed by atoms with E-state index in [1.54, 1.807) is 0 Å². The van der Waals surface area contributed by atoms with Crippen molar-refractivity contribution in [2.24, 2.45) is 0 Å². The van der Waals surface area contributed by atoms with Crippen molar-refractivity contribution in [2.75, 3.05) is 0 Å². The summed E-state index contributed by atoms with van der Waals surface area (Å²) in [7, 11) is 0. The number of hydrogen-bond acceptors (Lipinski definition) is 3. The smallest absolute Gasteiger partial charge is 0.270 e. The zero-order valence-electron chi connectivity index (χ0n) is 13.8. The first-order chi connectivity index (χ1) is 11.3. The number of halogens is 1. The van der Waals surface area contributed by atoms with Crippen molar-refractivity contribution in [3.63, 3.8) is 0 Å². The monoisotopic (exact) mass is 346 g/mol. The number of non-ortho nitro benzene ring substituents is 1. The summed E-state index contributed by atoms with van der Waals surface area (Å²) in [6.45, 7) is 6.02. The van der Waals surface area contributed by atoms with E-state index in [0.717, 1.165) is 11.1 Å². The van der Waals surface area contributed by atoms with Crippen LogP contribution in [0.25, 0.3) is 0 Å². The molecule has 2 aromatic carbocycles. The van der Waals surface area contributed by atoms with E-state index >= 15 is 0 Å². The van der Waals surface area contributed by atoms with Gasteiger partial charge in [-0.3, -0.25) is 14.9 Å². The molecular weight excluding hydrogens is 328 g/mol. The number of carbonyl (C=O) groups is 1. The fourth-order valence-electron chi connectivity index (χ4n) is 2.44. The molecule has 0 aliphatic carbocycles. The fourth-order valence-corrected chi connectivity index (χ4v) is 2.64. The lowest BCUT2D eigenvalue weighted by Gasteiger charge is -2.19. The van der Waals surface area contributed by atoms with Crippen molar-refractivity contribution in [1.82, 2.24) is 5.32 Å². The van der Waals surface area contributed by atoms with Crippen LogP contribution in [0.15, 0.2) is 36.4 Å². The van der Waals surface area contributed by atoms with Gasteiger partial charge in [-0.2, -0.15) is 0 Å². The van der Waals surface area contributed by atoms with Crippen LogP contribution in [-0.2, 0) is 0 Å². The average Bonchev–Trinajstić information content (AvgIpc) is 2.55. The zero-order valence-corrected chi connectivity index (χ0v) is 14.6. The second-order valence-electron chi connectivity index (χ2n) is 5.70. The lowest BCUT2D eigenvalue weighted by molar-refractivity contribution is -0.384. The van der Waals surface area contributed by atoms with E-state index in [-0.39, 0.29) is 22.3 Å². The third-order valence-corrected chi connectivity index (χ3v) is 4.38. The number of nitrogens with zero attached hydrogens (tertiary/aromatic N) is 1. The minimum absolute atomic E-state index is 0.105. The average molecular weight is 347 g/mol. The second-order valence-corrected chi connectivity index (χ2v) is 6.11. The summed E-state index contributed by atoms with van der Waals surface area (Å²) in [6.07, 6.45) is 0.695. The Morgan fingerprint density at radius 2 is 1.92 bits per heavy atom. The number of carbonyl (C=O) groups excluding carboxylic acids is 1. The molecule has 0 saturated heterocycles. The molecule has 2 aromatic rings. The van der Waals surface area contributed by atoms with Crippen LogP contribution in [0.2, 0.25) is 5.02 Å². The highest BCUT2D eigenvalue weighted by Crippen LogP contribution is 2.24. The number of benzene rings is 2. The molecule has 0 fully saturated rings. The van der Waals surface area contributed by atoms with Gasteiger partial charge in [-0.05, 0) is 43.0 Å². The highest BCUT2D eigenvalue weighted by molar-refractivity contribution is 6.33. The molecule has 2 rings (SSSR count). The van der Waals surface area contributed by atoms with Crippen molar-refractivity contribution < 1.29 is 9.72 Å². The standard InChI is InChI=1S/C18H19ClN2O3/c1-4-17(13-6-5-11(2)12(3)9-13)20-18(22)15-10-14(21(23)24)7-8-16(15)19/h5-10,17H,4H2,1-3H3,(H,20,22)/t17-/m0/s1. The largest absolute Gasteiger partial charge is 0.345 e. The van der Waals surface area contributed by atoms with Crippen LogP contribution in [0.5, 0.6) is 0 Å². The molecule has 1 atom stereocenters. The fraction of sp³-hybridized carbons (Fsp3) is 0.278. The number of nitrogens with one attached hydrogen (secondary N) is 1. The zero-order chi connectivity index (χ0) is 17.9. The van der Waals surface area contributed by atoms with E-state index in [9.17, 15) is 14.9 Å². The summed E-state index contributed by atoms with van der Waals surface area (Å²) in [5.41, 5.74) is 3.27. The number of hydrogen-bond donors (Lipinski definition) is 1. The maximum atomic E-state index is 12.5. The molecule has 1 amide bonds. The molecule has 0 unspecified atom stereocenters. The summed E-state index contributed by atoms with van der Waals surface area (Å²) in [5, 5.41) is 14.0. The molecule has 24 heavy (non-hydrogen) atoms. The van der Waals surface area contributed by atoms with Gasteiger partial charge in [0.05, 0.1) is 21.6 Å². The van der Waals surface area contributed by atoms with E-state index in [1.807, 2.05) is 39.0 Å². The molecule has 0 spiro atoms. The predicted molar refractivity (Wildman–Crippen MR) is 94.5 cm³/mol. The van der Waals surface area contributed by atoms with Gasteiger partial charge in [0.2, 0.25) is 0 Å². The summed E-state index contributed by atoms with van der Waals surface area (Å²) >= 11 is 6.03. The Labute approximate surface area is 145 Å². The molecule has 1 N–H and O–H groups in total. The molecule has 0 bridgehead atoms. The molecule has 0 aromatic heterocycles. The SMILES string of the molecule is CC[C@H](NC(=O)c1cc([N+](=O)[O-])ccc1Cl)c1ccc(C)c(C)c1. The van der Waals surface area contributed by atoms with Crippen LogP contribution < -0.4 is 5.32 Å². The summed E-state index contributed by atoms with van der Waals surface area (Å²) in [6, 6.07) is 9.69. The lowest BCUT2D eigenvalue weighted by Crippen LogP contribution is -2.28. The quantitative estimate of drug-likeness (QED) is 0.627. The Morgan fingerprint density at radius 3 is 2.50 bits per heavy atom. The van der Waals surface area contributed by atoms with Crippen LogP contribution in [0, 0.1) is 24.0 Å². The lowest BCUT2D eigenvalue weighted by atomic mass is 9.99. The van der Waals surface area contributed by atoms with Crippen molar-refractivity contribution in [1.29, 1.82) is 0 Å². The van der Waals surface area contributed by atoms with Crippen molar-refractivity contribution in [3.8, 4) is 0 Å². The van der Waals surface area contributed by atoms with Gasteiger partial charge in [-0.25, -0.2) is 0 Å². The molecule has 0 heterocycles. The van der Waals surface area contributed by atoms with Crippen molar-refractivity contribution >= 4 is 23.2 Å². The summed E-state index contributed by atoms with van der Waals surface area (Å²) in [4.78, 5) is 22.9. The first-order valence-corrected chi connectivity index (χ1v) is 8.03. The highest BCUT2D eigenvalue weighted by Gasteiger charge is 2.19. The summed E-state index contributed by atoms with van der Waals surface area (Å²) < 4.78 is 0. The Morgan fingerprint density at radius 1 is 1.21 bits per heavy atom. The van der Waals surface area contributed by atoms with Crippen LogP contribution >= 0.6 is 11.6 Å². The van der Waals surface area contributed by atoms with E-state index in [0.29, 0.717) is 6.42 Å². The van der Waals surface area contributed by atoms with Crippen LogP contribution in [-0.4, -0.2) is 10.8 Å².